The van der Waals surface area contributed by atoms with Gasteiger partial charge in [-0.2, -0.15) is 0 Å². The number of anilines is 1. The minimum absolute atomic E-state index is 0.0382. The Bertz CT molecular complexity index is 1150. The summed E-state index contributed by atoms with van der Waals surface area (Å²) in [4.78, 5) is 19.8. The van der Waals surface area contributed by atoms with Gasteiger partial charge < -0.3 is 11.1 Å². The summed E-state index contributed by atoms with van der Waals surface area (Å²) >= 11 is 13.8. The van der Waals surface area contributed by atoms with Crippen LogP contribution in [0.5, 0.6) is 0 Å². The van der Waals surface area contributed by atoms with Crippen molar-refractivity contribution in [2.75, 3.05) is 11.5 Å². The molecule has 0 aliphatic heterocycles. The molecule has 7 nitrogen and oxygen atoms in total. The molecule has 12 heteroatoms. The van der Waals surface area contributed by atoms with E-state index in [4.69, 9.17) is 28.9 Å². The van der Waals surface area contributed by atoms with Gasteiger partial charge in [0.1, 0.15) is 14.9 Å². The van der Waals surface area contributed by atoms with Crippen molar-refractivity contribution < 1.29 is 13.2 Å². The Morgan fingerprint density at radius 2 is 1.97 bits per heavy atom. The second-order valence-electron chi connectivity index (χ2n) is 5.62. The molecular weight excluding hydrogens is 475 g/mol. The molecule has 0 aliphatic rings. The van der Waals surface area contributed by atoms with Crippen molar-refractivity contribution in [2.24, 2.45) is 0 Å². The Hall–Kier alpha value is -1.85. The lowest BCUT2D eigenvalue weighted by atomic mass is 10.2. The van der Waals surface area contributed by atoms with Gasteiger partial charge in [-0.1, -0.05) is 53.2 Å². The minimum Gasteiger partial charge on any atom is -0.382 e. The quantitative estimate of drug-likeness (QED) is 0.384. The molecule has 2 heterocycles. The predicted molar refractivity (Wildman–Crippen MR) is 115 cm³/mol. The highest BCUT2D eigenvalue weighted by molar-refractivity contribution is 7.99. The van der Waals surface area contributed by atoms with Crippen LogP contribution in [0.4, 0.5) is 5.82 Å². The SMILES string of the molecule is Nc1nc(SCC(=O)NCc2ccccc2Cl)ncc1S(=O)(=O)c1ccc(Cl)s1. The van der Waals surface area contributed by atoms with Crippen LogP contribution in [-0.2, 0) is 21.2 Å². The van der Waals surface area contributed by atoms with Crippen molar-refractivity contribution in [3.63, 3.8) is 0 Å². The molecule has 152 valence electrons. The number of nitrogens with one attached hydrogen (secondary N) is 1. The lowest BCUT2D eigenvalue weighted by Crippen LogP contribution is -2.24. The van der Waals surface area contributed by atoms with E-state index in [-0.39, 0.29) is 31.7 Å². The lowest BCUT2D eigenvalue weighted by molar-refractivity contribution is -0.118. The first-order valence-corrected chi connectivity index (χ1v) is 12.1. The van der Waals surface area contributed by atoms with Gasteiger partial charge in [-0.25, -0.2) is 18.4 Å². The standard InChI is InChI=1S/C17H14Cl2N4O3S3/c18-11-4-2-1-3-10(11)7-21-14(24)9-27-17-22-8-12(16(20)23-17)29(25,26)15-6-5-13(19)28-15/h1-6,8H,7,9H2,(H,21,24)(H2,20,22,23). The number of aromatic nitrogens is 2. The van der Waals surface area contributed by atoms with Crippen molar-refractivity contribution in [2.45, 2.75) is 20.8 Å². The molecule has 1 aromatic carbocycles. The molecule has 3 aromatic rings. The Morgan fingerprint density at radius 3 is 2.62 bits per heavy atom. The Kier molecular flexibility index (Phi) is 7.01. The molecule has 0 saturated carbocycles. The average Bonchev–Trinajstić information content (AvgIpc) is 3.13. The summed E-state index contributed by atoms with van der Waals surface area (Å²) in [6, 6.07) is 10.1. The summed E-state index contributed by atoms with van der Waals surface area (Å²) < 4.78 is 25.6. The van der Waals surface area contributed by atoms with Gasteiger partial charge in [-0.15, -0.1) is 11.3 Å². The third-order valence-corrected chi connectivity index (χ3v) is 8.35. The Morgan fingerprint density at radius 1 is 1.21 bits per heavy atom. The number of nitrogens with zero attached hydrogens (tertiary/aromatic N) is 2. The van der Waals surface area contributed by atoms with Crippen molar-refractivity contribution in [3.05, 3.63) is 57.5 Å². The molecule has 0 fully saturated rings. The number of rotatable bonds is 7. The molecule has 0 spiro atoms. The normalized spacial score (nSPS) is 11.4. The smallest absolute Gasteiger partial charge is 0.230 e. The summed E-state index contributed by atoms with van der Waals surface area (Å²) in [6.45, 7) is 0.294. The van der Waals surface area contributed by atoms with Crippen molar-refractivity contribution >= 4 is 67.9 Å². The maximum absolute atomic E-state index is 12.6. The number of thiophene rings is 1. The highest BCUT2D eigenvalue weighted by Gasteiger charge is 2.24. The number of amides is 1. The van der Waals surface area contributed by atoms with Crippen LogP contribution in [0, 0.1) is 0 Å². The molecule has 1 amide bonds. The number of nitrogens with two attached hydrogens (primary N) is 1. The Labute approximate surface area is 185 Å². The molecule has 3 rings (SSSR count). The van der Waals surface area contributed by atoms with E-state index in [9.17, 15) is 13.2 Å². The number of carbonyl (C=O) groups is 1. The maximum atomic E-state index is 12.6. The number of hydrogen-bond donors (Lipinski definition) is 2. The largest absolute Gasteiger partial charge is 0.382 e. The fourth-order valence-corrected chi connectivity index (χ4v) is 5.93. The molecule has 0 bridgehead atoms. The lowest BCUT2D eigenvalue weighted by Gasteiger charge is -2.08. The van der Waals surface area contributed by atoms with Gasteiger partial charge in [0.15, 0.2) is 5.16 Å². The molecule has 29 heavy (non-hydrogen) atoms. The summed E-state index contributed by atoms with van der Waals surface area (Å²) in [6.07, 6.45) is 1.13. The molecule has 0 unspecified atom stereocenters. The van der Waals surface area contributed by atoms with E-state index in [2.05, 4.69) is 15.3 Å². The van der Waals surface area contributed by atoms with E-state index in [1.807, 2.05) is 18.2 Å². The summed E-state index contributed by atoms with van der Waals surface area (Å²) in [5.74, 6) is -0.401. The third kappa shape index (κ3) is 5.40. The van der Waals surface area contributed by atoms with Gasteiger partial charge in [0.2, 0.25) is 15.7 Å². The fraction of sp³-hybridized carbons (Fsp3) is 0.118. The number of thioether (sulfide) groups is 1. The van der Waals surface area contributed by atoms with Gasteiger partial charge in [-0.05, 0) is 23.8 Å². The summed E-state index contributed by atoms with van der Waals surface area (Å²) in [7, 11) is -3.86. The third-order valence-electron chi connectivity index (χ3n) is 3.63. The monoisotopic (exact) mass is 488 g/mol. The summed E-state index contributed by atoms with van der Waals surface area (Å²) in [5.41, 5.74) is 6.62. The Balaban J connectivity index is 1.62. The molecular formula is C17H14Cl2N4O3S3. The first-order valence-electron chi connectivity index (χ1n) is 8.03. The van der Waals surface area contributed by atoms with Crippen LogP contribution in [0.1, 0.15) is 5.56 Å². The van der Waals surface area contributed by atoms with Crippen LogP contribution in [0.2, 0.25) is 9.36 Å². The van der Waals surface area contributed by atoms with Crippen molar-refractivity contribution in [3.8, 4) is 0 Å². The van der Waals surface area contributed by atoms with E-state index in [1.165, 1.54) is 12.1 Å². The molecule has 0 radical (unpaired) electrons. The highest BCUT2D eigenvalue weighted by Crippen LogP contribution is 2.32. The zero-order valence-corrected chi connectivity index (χ0v) is 18.6. The zero-order chi connectivity index (χ0) is 21.0. The zero-order valence-electron chi connectivity index (χ0n) is 14.6. The van der Waals surface area contributed by atoms with E-state index in [0.717, 1.165) is 34.9 Å². The first-order chi connectivity index (χ1) is 13.8. The van der Waals surface area contributed by atoms with Crippen LogP contribution < -0.4 is 11.1 Å². The fourth-order valence-electron chi connectivity index (χ4n) is 2.21. The second-order valence-corrected chi connectivity index (χ2v) is 10.8. The molecule has 2 aromatic heterocycles. The topological polar surface area (TPSA) is 115 Å². The van der Waals surface area contributed by atoms with Crippen LogP contribution in [0.15, 0.2) is 56.9 Å². The minimum atomic E-state index is -3.86. The molecule has 3 N–H and O–H groups in total. The van der Waals surface area contributed by atoms with Crippen LogP contribution in [-0.4, -0.2) is 30.0 Å². The molecule has 0 aliphatic carbocycles. The van der Waals surface area contributed by atoms with E-state index >= 15 is 0 Å². The van der Waals surface area contributed by atoms with Crippen molar-refractivity contribution in [1.29, 1.82) is 0 Å². The summed E-state index contributed by atoms with van der Waals surface area (Å²) in [5, 5.41) is 3.51. The molecule has 0 saturated heterocycles. The number of nitrogen functional groups attached to an aromatic ring is 1. The average molecular weight is 489 g/mol. The number of carbonyl (C=O) groups excluding carboxylic acids is 1. The highest BCUT2D eigenvalue weighted by atomic mass is 35.5. The first kappa shape index (κ1) is 21.8. The van der Waals surface area contributed by atoms with E-state index in [1.54, 1.807) is 6.07 Å². The number of sulfone groups is 1. The van der Waals surface area contributed by atoms with Crippen molar-refractivity contribution in [1.82, 2.24) is 15.3 Å². The van der Waals surface area contributed by atoms with E-state index < -0.39 is 9.84 Å². The van der Waals surface area contributed by atoms with Gasteiger partial charge >= 0.3 is 0 Å². The number of hydrogen-bond acceptors (Lipinski definition) is 8. The number of halogens is 2. The van der Waals surface area contributed by atoms with Gasteiger partial charge in [-0.3, -0.25) is 4.79 Å². The van der Waals surface area contributed by atoms with Gasteiger partial charge in [0.05, 0.1) is 16.3 Å². The van der Waals surface area contributed by atoms with Gasteiger partial charge in [0, 0.05) is 11.6 Å². The number of benzene rings is 1. The van der Waals surface area contributed by atoms with E-state index in [0.29, 0.717) is 15.9 Å². The van der Waals surface area contributed by atoms with Gasteiger partial charge in [0.25, 0.3) is 0 Å². The maximum Gasteiger partial charge on any atom is 0.230 e. The van der Waals surface area contributed by atoms with Crippen LogP contribution >= 0.6 is 46.3 Å². The van der Waals surface area contributed by atoms with Crippen LogP contribution in [0.3, 0.4) is 0 Å². The molecule has 0 atom stereocenters. The second kappa shape index (κ2) is 9.31. The van der Waals surface area contributed by atoms with Crippen LogP contribution in [0.25, 0.3) is 0 Å². The predicted octanol–water partition coefficient (Wildman–Crippen LogP) is 3.67.